The predicted molar refractivity (Wildman–Crippen MR) is 118 cm³/mol. The maximum Gasteiger partial charge on any atom is 0.0520 e. The molecule has 0 saturated heterocycles. The zero-order valence-corrected chi connectivity index (χ0v) is 16.2. The SMILES string of the molecule is CC1=CC(C(C2=CC=CC2)(c2ccccc2)c2ccccc2)c2ccccc21. The molecule has 0 bridgehead atoms. The molecule has 2 aliphatic carbocycles. The van der Waals surface area contributed by atoms with E-state index in [1.54, 1.807) is 0 Å². The molecule has 0 heteroatoms. The lowest BCUT2D eigenvalue weighted by Gasteiger charge is -2.42. The molecule has 5 rings (SSSR count). The van der Waals surface area contributed by atoms with Crippen LogP contribution in [0.2, 0.25) is 0 Å². The molecule has 0 radical (unpaired) electrons. The van der Waals surface area contributed by atoms with E-state index in [-0.39, 0.29) is 11.3 Å². The first-order valence-electron chi connectivity index (χ1n) is 10.1. The molecular weight excluding hydrogens is 336 g/mol. The summed E-state index contributed by atoms with van der Waals surface area (Å²) >= 11 is 0. The van der Waals surface area contributed by atoms with Gasteiger partial charge in [-0.3, -0.25) is 0 Å². The molecule has 0 nitrogen and oxygen atoms in total. The van der Waals surface area contributed by atoms with E-state index in [2.05, 4.69) is 116 Å². The highest BCUT2D eigenvalue weighted by Gasteiger charge is 2.47. The Labute approximate surface area is 167 Å². The third kappa shape index (κ3) is 2.45. The standard InChI is InChI=1S/C28H24/c1-21-20-27(26-19-11-10-18-25(21)26)28(24-16-8-9-17-24,22-12-4-2-5-13-22)23-14-6-3-7-15-23/h2-16,18-20,27H,17H2,1H3. The van der Waals surface area contributed by atoms with Gasteiger partial charge < -0.3 is 0 Å². The van der Waals surface area contributed by atoms with Gasteiger partial charge in [0.1, 0.15) is 0 Å². The molecule has 0 aromatic heterocycles. The van der Waals surface area contributed by atoms with Crippen molar-refractivity contribution in [1.29, 1.82) is 0 Å². The number of fused-ring (bicyclic) bond motifs is 1. The van der Waals surface area contributed by atoms with Crippen molar-refractivity contribution in [1.82, 2.24) is 0 Å². The molecule has 3 aromatic rings. The first-order chi connectivity index (χ1) is 13.8. The van der Waals surface area contributed by atoms with Crippen LogP contribution in [-0.2, 0) is 5.41 Å². The van der Waals surface area contributed by atoms with E-state index in [0.717, 1.165) is 6.42 Å². The molecule has 0 heterocycles. The van der Waals surface area contributed by atoms with Crippen LogP contribution in [0.4, 0.5) is 0 Å². The normalized spacial score (nSPS) is 18.0. The molecule has 0 fully saturated rings. The number of hydrogen-bond acceptors (Lipinski definition) is 0. The van der Waals surface area contributed by atoms with E-state index in [9.17, 15) is 0 Å². The Hall–Kier alpha value is -3.12. The van der Waals surface area contributed by atoms with Crippen molar-refractivity contribution in [2.24, 2.45) is 0 Å². The number of hydrogen-bond donors (Lipinski definition) is 0. The maximum atomic E-state index is 2.49. The highest BCUT2D eigenvalue weighted by atomic mass is 14.5. The number of rotatable bonds is 4. The maximum absolute atomic E-state index is 2.49. The van der Waals surface area contributed by atoms with Gasteiger partial charge in [0.05, 0.1) is 5.41 Å². The van der Waals surface area contributed by atoms with Crippen LogP contribution in [0.5, 0.6) is 0 Å². The van der Waals surface area contributed by atoms with Gasteiger partial charge in [0, 0.05) is 5.92 Å². The Kier molecular flexibility index (Phi) is 4.13. The molecule has 28 heavy (non-hydrogen) atoms. The summed E-state index contributed by atoms with van der Waals surface area (Å²) in [4.78, 5) is 0. The first-order valence-corrected chi connectivity index (χ1v) is 10.1. The van der Waals surface area contributed by atoms with E-state index < -0.39 is 0 Å². The highest BCUT2D eigenvalue weighted by molar-refractivity contribution is 5.76. The van der Waals surface area contributed by atoms with Gasteiger partial charge in [-0.15, -0.1) is 0 Å². The molecule has 0 amide bonds. The second-order valence-corrected chi connectivity index (χ2v) is 7.78. The summed E-state index contributed by atoms with van der Waals surface area (Å²) in [7, 11) is 0. The Morgan fingerprint density at radius 1 is 0.750 bits per heavy atom. The van der Waals surface area contributed by atoms with Crippen molar-refractivity contribution in [2.45, 2.75) is 24.7 Å². The highest BCUT2D eigenvalue weighted by Crippen LogP contribution is 2.56. The molecule has 0 spiro atoms. The minimum Gasteiger partial charge on any atom is -0.0804 e. The summed E-state index contributed by atoms with van der Waals surface area (Å²) < 4.78 is 0. The van der Waals surface area contributed by atoms with E-state index in [1.165, 1.54) is 33.4 Å². The van der Waals surface area contributed by atoms with E-state index in [1.807, 2.05) is 0 Å². The molecule has 0 saturated carbocycles. The molecule has 0 aliphatic heterocycles. The van der Waals surface area contributed by atoms with Crippen LogP contribution in [-0.4, -0.2) is 0 Å². The van der Waals surface area contributed by atoms with E-state index in [0.29, 0.717) is 0 Å². The number of allylic oxidation sites excluding steroid dienone is 6. The van der Waals surface area contributed by atoms with E-state index >= 15 is 0 Å². The topological polar surface area (TPSA) is 0 Å². The monoisotopic (exact) mass is 360 g/mol. The zero-order chi connectivity index (χ0) is 19.0. The quantitative estimate of drug-likeness (QED) is 0.467. The third-order valence-corrected chi connectivity index (χ3v) is 6.34. The van der Waals surface area contributed by atoms with Gasteiger partial charge in [-0.25, -0.2) is 0 Å². The van der Waals surface area contributed by atoms with Crippen LogP contribution in [0.25, 0.3) is 5.57 Å². The van der Waals surface area contributed by atoms with Gasteiger partial charge in [-0.1, -0.05) is 115 Å². The van der Waals surface area contributed by atoms with Gasteiger partial charge in [0.25, 0.3) is 0 Å². The lowest BCUT2D eigenvalue weighted by atomic mass is 9.60. The van der Waals surface area contributed by atoms with Crippen LogP contribution < -0.4 is 0 Å². The van der Waals surface area contributed by atoms with Crippen LogP contribution in [0.1, 0.15) is 41.5 Å². The second kappa shape index (κ2) is 6.80. The number of benzene rings is 3. The summed E-state index contributed by atoms with van der Waals surface area (Å²) in [5.74, 6) is 0.277. The van der Waals surface area contributed by atoms with Gasteiger partial charge in [0.2, 0.25) is 0 Å². The predicted octanol–water partition coefficient (Wildman–Crippen LogP) is 7.06. The summed E-state index contributed by atoms with van der Waals surface area (Å²) in [5.41, 5.74) is 8.18. The van der Waals surface area contributed by atoms with Gasteiger partial charge in [-0.2, -0.15) is 0 Å². The average molecular weight is 361 g/mol. The Balaban J connectivity index is 1.86. The summed E-state index contributed by atoms with van der Waals surface area (Å²) in [6.45, 7) is 2.25. The van der Waals surface area contributed by atoms with Crippen LogP contribution in [0.15, 0.2) is 115 Å². The van der Waals surface area contributed by atoms with Crippen molar-refractivity contribution >= 4 is 5.57 Å². The molecular formula is C28H24. The van der Waals surface area contributed by atoms with Crippen LogP contribution in [0, 0.1) is 0 Å². The van der Waals surface area contributed by atoms with Crippen molar-refractivity contribution < 1.29 is 0 Å². The smallest absolute Gasteiger partial charge is 0.0520 e. The van der Waals surface area contributed by atoms with Crippen LogP contribution >= 0.6 is 0 Å². The Morgan fingerprint density at radius 2 is 1.36 bits per heavy atom. The third-order valence-electron chi connectivity index (χ3n) is 6.34. The lowest BCUT2D eigenvalue weighted by Crippen LogP contribution is -2.36. The van der Waals surface area contributed by atoms with E-state index in [4.69, 9.17) is 0 Å². The van der Waals surface area contributed by atoms with Crippen molar-refractivity contribution in [2.75, 3.05) is 0 Å². The average Bonchev–Trinajstić information content (AvgIpc) is 3.41. The Bertz CT molecular complexity index is 1040. The van der Waals surface area contributed by atoms with Gasteiger partial charge in [0.15, 0.2) is 0 Å². The fraction of sp³-hybridized carbons (Fsp3) is 0.143. The van der Waals surface area contributed by atoms with Gasteiger partial charge in [-0.05, 0) is 41.2 Å². The molecule has 1 unspecified atom stereocenters. The zero-order valence-electron chi connectivity index (χ0n) is 16.2. The molecule has 136 valence electrons. The molecule has 2 aliphatic rings. The largest absolute Gasteiger partial charge is 0.0804 e. The minimum atomic E-state index is -0.208. The minimum absolute atomic E-state index is 0.208. The summed E-state index contributed by atoms with van der Waals surface area (Å²) in [6.07, 6.45) is 10.3. The van der Waals surface area contributed by atoms with Gasteiger partial charge >= 0.3 is 0 Å². The second-order valence-electron chi connectivity index (χ2n) is 7.78. The summed E-state index contributed by atoms with van der Waals surface area (Å²) in [5, 5.41) is 0. The fourth-order valence-electron chi connectivity index (χ4n) is 5.15. The molecule has 3 aromatic carbocycles. The van der Waals surface area contributed by atoms with Crippen molar-refractivity contribution in [3.63, 3.8) is 0 Å². The summed E-state index contributed by atoms with van der Waals surface area (Å²) in [6, 6.07) is 31.1. The van der Waals surface area contributed by atoms with Crippen molar-refractivity contribution in [3.05, 3.63) is 137 Å². The fourth-order valence-corrected chi connectivity index (χ4v) is 5.15. The molecule has 0 N–H and O–H groups in total. The lowest BCUT2D eigenvalue weighted by molar-refractivity contribution is 0.536. The van der Waals surface area contributed by atoms with Crippen LogP contribution in [0.3, 0.4) is 0 Å². The first kappa shape index (κ1) is 17.0. The Morgan fingerprint density at radius 3 is 1.96 bits per heavy atom. The molecule has 1 atom stereocenters. The van der Waals surface area contributed by atoms with Crippen molar-refractivity contribution in [3.8, 4) is 0 Å².